The predicted octanol–water partition coefficient (Wildman–Crippen LogP) is -2.46. The van der Waals surface area contributed by atoms with Crippen LogP contribution in [0, 0.1) is 17.2 Å². The molecule has 0 bridgehead atoms. The number of carbonyl (C=O) groups is 8. The van der Waals surface area contributed by atoms with Crippen LogP contribution < -0.4 is 43.4 Å². The van der Waals surface area contributed by atoms with Crippen molar-refractivity contribution >= 4 is 53.4 Å². The van der Waals surface area contributed by atoms with Crippen LogP contribution in [0.1, 0.15) is 79.1 Å². The minimum Gasteiger partial charge on any atom is -0.481 e. The summed E-state index contributed by atoms with van der Waals surface area (Å²) in [7, 11) is 0. The largest absolute Gasteiger partial charge is 0.481 e. The highest BCUT2D eigenvalue weighted by Gasteiger charge is 2.33. The third-order valence-electron chi connectivity index (χ3n) is 7.91. The van der Waals surface area contributed by atoms with Crippen molar-refractivity contribution in [1.29, 1.82) is 5.41 Å². The number of carbonyl (C=O) groups excluding carboxylic acids is 5. The maximum atomic E-state index is 13.3. The molecule has 0 spiro atoms. The summed E-state index contributed by atoms with van der Waals surface area (Å²) in [6.45, 7) is 6.36. The van der Waals surface area contributed by atoms with Crippen LogP contribution in [0.2, 0.25) is 0 Å². The zero-order valence-corrected chi connectivity index (χ0v) is 28.9. The molecular weight excluding hydrogens is 662 g/mol. The van der Waals surface area contributed by atoms with Crippen molar-refractivity contribution < 1.29 is 53.7 Å². The Hall–Kier alpha value is -5.01. The summed E-state index contributed by atoms with van der Waals surface area (Å²) in [5, 5.41) is 49.2. The first-order valence-electron chi connectivity index (χ1n) is 16.3. The van der Waals surface area contributed by atoms with Gasteiger partial charge in [0.15, 0.2) is 5.96 Å². The van der Waals surface area contributed by atoms with Crippen LogP contribution in [0.4, 0.5) is 0 Å². The zero-order valence-electron chi connectivity index (χ0n) is 28.9. The number of carboxylic acid groups (broad SMARTS) is 3. The third-order valence-corrected chi connectivity index (χ3v) is 7.91. The van der Waals surface area contributed by atoms with Gasteiger partial charge in [0, 0.05) is 19.4 Å². The number of amides is 5. The number of nitrogens with one attached hydrogen (secondary N) is 7. The second-order valence-corrected chi connectivity index (χ2v) is 11.9. The Kier molecular flexibility index (Phi) is 21.0. The number of hydrogen-bond acceptors (Lipinski definition) is 10. The molecule has 0 aliphatic rings. The highest BCUT2D eigenvalue weighted by atomic mass is 16.4. The molecule has 14 N–H and O–H groups in total. The number of carboxylic acids is 3. The molecule has 0 aromatic heterocycles. The highest BCUT2D eigenvalue weighted by Crippen LogP contribution is 2.12. The summed E-state index contributed by atoms with van der Waals surface area (Å²) >= 11 is 0. The second-order valence-electron chi connectivity index (χ2n) is 11.9. The maximum absolute atomic E-state index is 13.3. The summed E-state index contributed by atoms with van der Waals surface area (Å²) in [6, 6.07) is -6.39. The van der Waals surface area contributed by atoms with Crippen molar-refractivity contribution in [3.8, 4) is 0 Å². The van der Waals surface area contributed by atoms with Crippen LogP contribution in [-0.4, -0.2) is 112 Å². The van der Waals surface area contributed by atoms with E-state index in [9.17, 15) is 48.6 Å². The Morgan fingerprint density at radius 3 is 1.60 bits per heavy atom. The van der Waals surface area contributed by atoms with Crippen molar-refractivity contribution in [1.82, 2.24) is 31.9 Å². The van der Waals surface area contributed by atoms with Crippen LogP contribution in [-0.2, 0) is 38.4 Å². The Labute approximate surface area is 290 Å². The first-order valence-corrected chi connectivity index (χ1v) is 16.3. The summed E-state index contributed by atoms with van der Waals surface area (Å²) in [5.74, 6) is -9.29. The van der Waals surface area contributed by atoms with Crippen molar-refractivity contribution in [2.75, 3.05) is 13.1 Å². The summed E-state index contributed by atoms with van der Waals surface area (Å²) < 4.78 is 0. The normalized spacial score (nSPS) is 15.0. The first-order chi connectivity index (χ1) is 23.3. The average molecular weight is 716 g/mol. The number of hydrogen-bond donors (Lipinski definition) is 12. The Morgan fingerprint density at radius 1 is 0.660 bits per heavy atom. The fraction of sp³-hybridized carbons (Fsp3) is 0.700. The minimum atomic E-state index is -1.53. The Bertz CT molecular complexity index is 1220. The third kappa shape index (κ3) is 17.9. The molecular formula is C30H53N9O11. The molecule has 0 unspecified atom stereocenters. The Balaban J connectivity index is 5.66. The van der Waals surface area contributed by atoms with Crippen molar-refractivity contribution in [3.63, 3.8) is 0 Å². The van der Waals surface area contributed by atoms with Gasteiger partial charge in [-0.25, -0.2) is 4.79 Å². The minimum absolute atomic E-state index is 0.205. The van der Waals surface area contributed by atoms with E-state index < -0.39 is 115 Å². The molecule has 0 fully saturated rings. The molecule has 20 nitrogen and oxygen atoms in total. The van der Waals surface area contributed by atoms with Gasteiger partial charge in [-0.05, 0) is 37.5 Å². The van der Waals surface area contributed by atoms with Crippen molar-refractivity contribution in [2.24, 2.45) is 23.3 Å². The lowest BCUT2D eigenvalue weighted by Gasteiger charge is -2.27. The summed E-state index contributed by atoms with van der Waals surface area (Å²) in [6.07, 6.45) is -0.421. The monoisotopic (exact) mass is 715 g/mol. The molecule has 0 aromatic carbocycles. The smallest absolute Gasteiger partial charge is 0.326 e. The van der Waals surface area contributed by atoms with Crippen molar-refractivity contribution in [3.05, 3.63) is 0 Å². The van der Waals surface area contributed by atoms with Crippen LogP contribution in [0.15, 0.2) is 0 Å². The summed E-state index contributed by atoms with van der Waals surface area (Å²) in [5.41, 5.74) is 11.2. The lowest BCUT2D eigenvalue weighted by Crippen LogP contribution is -2.58. The molecule has 20 heteroatoms. The van der Waals surface area contributed by atoms with Crippen LogP contribution >= 0.6 is 0 Å². The number of rotatable bonds is 25. The molecule has 7 atom stereocenters. The van der Waals surface area contributed by atoms with E-state index in [1.165, 1.54) is 0 Å². The molecule has 0 heterocycles. The average Bonchev–Trinajstić information content (AvgIpc) is 3.05. The van der Waals surface area contributed by atoms with E-state index in [-0.39, 0.29) is 18.8 Å². The SMILES string of the molecule is CC[C@H](C)[C@H](NC(=O)CNC(=O)[C@H](CCC(=O)O)NC(=O)[C@@H](NC(=O)[C@@H](N)CCCNC(=N)N)[C@@H](C)CC)C(=O)N[C@@H](CCC(=O)O)C(=O)O. The van der Waals surface area contributed by atoms with Gasteiger partial charge in [-0.1, -0.05) is 40.5 Å². The molecule has 0 rings (SSSR count). The zero-order chi connectivity index (χ0) is 38.6. The van der Waals surface area contributed by atoms with Gasteiger partial charge in [0.05, 0.1) is 12.6 Å². The standard InChI is InChI=1S/C30H53N9O11/c1-5-15(3)23(27(47)37-19(29(49)50)10-12-22(43)44)38-20(40)14-35-26(46)18(9-11-21(41)42)36-28(48)24(16(4)6-2)39-25(45)17(31)8-7-13-34-30(32)33/h15-19,23-24H,5-14,31H2,1-4H3,(H,35,46)(H,36,48)(H,37,47)(H,38,40)(H,39,45)(H,41,42)(H,43,44)(H,49,50)(H4,32,33,34)/t15-,16-,17-,18-,19-,23-,24-/m0/s1. The molecule has 0 aliphatic heterocycles. The quantitative estimate of drug-likeness (QED) is 0.0265. The van der Waals surface area contributed by atoms with Crippen LogP contribution in [0.5, 0.6) is 0 Å². The van der Waals surface area contributed by atoms with Gasteiger partial charge in [-0.3, -0.25) is 39.0 Å². The molecule has 0 aromatic rings. The van der Waals surface area contributed by atoms with Gasteiger partial charge in [-0.2, -0.15) is 0 Å². The topological polar surface area (TPSA) is 345 Å². The maximum Gasteiger partial charge on any atom is 0.326 e. The van der Waals surface area contributed by atoms with Gasteiger partial charge in [-0.15, -0.1) is 0 Å². The molecule has 0 saturated heterocycles. The Morgan fingerprint density at radius 2 is 1.14 bits per heavy atom. The van der Waals surface area contributed by atoms with E-state index >= 15 is 0 Å². The van der Waals surface area contributed by atoms with E-state index in [1.807, 2.05) is 0 Å². The number of guanidine groups is 1. The van der Waals surface area contributed by atoms with Crippen LogP contribution in [0.3, 0.4) is 0 Å². The second kappa shape index (κ2) is 23.4. The number of nitrogens with two attached hydrogens (primary N) is 2. The van der Waals surface area contributed by atoms with E-state index in [4.69, 9.17) is 22.0 Å². The molecule has 284 valence electrons. The van der Waals surface area contributed by atoms with Crippen LogP contribution in [0.25, 0.3) is 0 Å². The van der Waals surface area contributed by atoms with Gasteiger partial charge in [0.25, 0.3) is 0 Å². The van der Waals surface area contributed by atoms with Gasteiger partial charge in [0.2, 0.25) is 29.5 Å². The van der Waals surface area contributed by atoms with Crippen molar-refractivity contribution in [2.45, 2.75) is 109 Å². The first kappa shape index (κ1) is 45.0. The molecule has 5 amide bonds. The predicted molar refractivity (Wildman–Crippen MR) is 178 cm³/mol. The van der Waals surface area contributed by atoms with E-state index in [2.05, 4.69) is 31.9 Å². The lowest BCUT2D eigenvalue weighted by atomic mass is 9.97. The molecule has 0 radical (unpaired) electrons. The lowest BCUT2D eigenvalue weighted by molar-refractivity contribution is -0.144. The highest BCUT2D eigenvalue weighted by molar-refractivity contribution is 5.95. The van der Waals surface area contributed by atoms with Gasteiger partial charge < -0.3 is 58.7 Å². The van der Waals surface area contributed by atoms with E-state index in [0.29, 0.717) is 25.8 Å². The fourth-order valence-corrected chi connectivity index (χ4v) is 4.44. The van der Waals surface area contributed by atoms with Gasteiger partial charge in [0.1, 0.15) is 24.2 Å². The molecule has 0 saturated carbocycles. The van der Waals surface area contributed by atoms with Gasteiger partial charge >= 0.3 is 17.9 Å². The molecule has 0 aliphatic carbocycles. The van der Waals surface area contributed by atoms with E-state index in [0.717, 1.165) is 0 Å². The molecule has 50 heavy (non-hydrogen) atoms. The van der Waals surface area contributed by atoms with E-state index in [1.54, 1.807) is 27.7 Å². The number of aliphatic carboxylic acids is 3. The fourth-order valence-electron chi connectivity index (χ4n) is 4.44. The summed E-state index contributed by atoms with van der Waals surface area (Å²) in [4.78, 5) is 98.7.